The summed E-state index contributed by atoms with van der Waals surface area (Å²) in [6.45, 7) is 1.92. The fourth-order valence-corrected chi connectivity index (χ4v) is 3.37. The average molecular weight is 342 g/mol. The molecule has 4 atom stereocenters. The van der Waals surface area contributed by atoms with Gasteiger partial charge in [0.25, 0.3) is 0 Å². The number of hydrogen-bond acceptors (Lipinski definition) is 7. The Bertz CT molecular complexity index is 751. The van der Waals surface area contributed by atoms with Crippen LogP contribution in [0.2, 0.25) is 0 Å². The van der Waals surface area contributed by atoms with E-state index in [0.717, 1.165) is 7.11 Å². The Morgan fingerprint density at radius 3 is 3.04 bits per heavy atom. The Kier molecular flexibility index (Phi) is 4.39. The van der Waals surface area contributed by atoms with Crippen LogP contribution in [0, 0.1) is 0 Å². The third kappa shape index (κ3) is 3.11. The molecule has 1 aliphatic heterocycles. The number of nitrogen functional groups attached to an aromatic ring is 1. The van der Waals surface area contributed by atoms with Crippen LogP contribution in [0.25, 0.3) is 11.2 Å². The van der Waals surface area contributed by atoms with Crippen LogP contribution >= 0.6 is 7.82 Å². The summed E-state index contributed by atoms with van der Waals surface area (Å²) in [5, 5.41) is 0. The summed E-state index contributed by atoms with van der Waals surface area (Å²) in [5.74, 6) is 0. The number of nitrogens with zero attached hydrogens (tertiary/aromatic N) is 3. The van der Waals surface area contributed by atoms with E-state index in [1.54, 1.807) is 23.2 Å². The summed E-state index contributed by atoms with van der Waals surface area (Å²) in [6, 6.07) is 1.68. The van der Waals surface area contributed by atoms with Crippen LogP contribution in [0.5, 0.6) is 0 Å². The number of phosphoric ester groups is 1. The summed E-state index contributed by atoms with van der Waals surface area (Å²) in [6.07, 6.45) is 2.93. The maximum absolute atomic E-state index is 11.7. The molecule has 3 heterocycles. The van der Waals surface area contributed by atoms with Crippen LogP contribution in [0.3, 0.4) is 0 Å². The van der Waals surface area contributed by atoms with Gasteiger partial charge in [-0.3, -0.25) is 13.6 Å². The highest BCUT2D eigenvalue weighted by Gasteiger charge is 2.40. The highest BCUT2D eigenvalue weighted by molar-refractivity contribution is 7.47. The fraction of sp³-hybridized carbons (Fsp3) is 0.538. The first-order chi connectivity index (χ1) is 10.9. The van der Waals surface area contributed by atoms with Crippen LogP contribution in [0.4, 0.5) is 5.69 Å². The quantitative estimate of drug-likeness (QED) is 0.789. The summed E-state index contributed by atoms with van der Waals surface area (Å²) in [4.78, 5) is 18.1. The summed E-state index contributed by atoms with van der Waals surface area (Å²) in [7, 11) is -2.94. The van der Waals surface area contributed by atoms with Gasteiger partial charge in [-0.25, -0.2) is 14.5 Å². The number of ether oxygens (including phenoxy) is 1. The molecule has 0 aliphatic carbocycles. The van der Waals surface area contributed by atoms with Gasteiger partial charge in [-0.05, 0) is 12.5 Å². The van der Waals surface area contributed by atoms with E-state index < -0.39 is 20.2 Å². The molecule has 9 nitrogen and oxygen atoms in total. The van der Waals surface area contributed by atoms with Crippen molar-refractivity contribution in [3.63, 3.8) is 0 Å². The van der Waals surface area contributed by atoms with Crippen molar-refractivity contribution in [1.82, 2.24) is 14.5 Å². The van der Waals surface area contributed by atoms with Gasteiger partial charge in [0.2, 0.25) is 0 Å². The van der Waals surface area contributed by atoms with E-state index in [1.807, 2.05) is 6.92 Å². The highest BCUT2D eigenvalue weighted by Crippen LogP contribution is 2.48. The molecule has 1 saturated heterocycles. The first-order valence-corrected chi connectivity index (χ1v) is 8.74. The Hall–Kier alpha value is -1.51. The number of imidazole rings is 1. The molecular weight excluding hydrogens is 323 g/mol. The lowest BCUT2D eigenvalue weighted by atomic mass is 10.1. The summed E-state index contributed by atoms with van der Waals surface area (Å²) in [5.41, 5.74) is 7.61. The molecule has 0 amide bonds. The molecule has 1 fully saturated rings. The third-order valence-corrected chi connectivity index (χ3v) is 4.88. The molecule has 126 valence electrons. The fourth-order valence-electron chi connectivity index (χ4n) is 2.72. The normalized spacial score (nSPS) is 27.3. The van der Waals surface area contributed by atoms with Gasteiger partial charge in [-0.15, -0.1) is 0 Å². The van der Waals surface area contributed by atoms with E-state index >= 15 is 0 Å². The van der Waals surface area contributed by atoms with Gasteiger partial charge in [0, 0.05) is 19.7 Å². The number of fused-ring (bicyclic) bond motifs is 1. The minimum atomic E-state index is -4.07. The molecule has 0 saturated carbocycles. The van der Waals surface area contributed by atoms with E-state index in [1.165, 1.54) is 0 Å². The summed E-state index contributed by atoms with van der Waals surface area (Å²) >= 11 is 0. The number of hydrogen-bond donors (Lipinski definition) is 2. The van der Waals surface area contributed by atoms with Gasteiger partial charge < -0.3 is 15.4 Å². The molecule has 4 unspecified atom stereocenters. The predicted molar refractivity (Wildman–Crippen MR) is 82.5 cm³/mol. The van der Waals surface area contributed by atoms with Crippen molar-refractivity contribution in [3.8, 4) is 0 Å². The molecule has 3 rings (SSSR count). The van der Waals surface area contributed by atoms with Gasteiger partial charge in [0.05, 0.1) is 24.2 Å². The number of aromatic nitrogens is 3. The van der Waals surface area contributed by atoms with Gasteiger partial charge in [-0.2, -0.15) is 0 Å². The van der Waals surface area contributed by atoms with Gasteiger partial charge in [0.15, 0.2) is 5.65 Å². The zero-order valence-electron chi connectivity index (χ0n) is 12.8. The van der Waals surface area contributed by atoms with Gasteiger partial charge in [-0.1, -0.05) is 6.92 Å². The highest BCUT2D eigenvalue weighted by atomic mass is 31.2. The monoisotopic (exact) mass is 342 g/mol. The first-order valence-electron chi connectivity index (χ1n) is 7.24. The van der Waals surface area contributed by atoms with Crippen molar-refractivity contribution in [2.45, 2.75) is 38.2 Å². The predicted octanol–water partition coefficient (Wildman–Crippen LogP) is 1.84. The Morgan fingerprint density at radius 1 is 1.57 bits per heavy atom. The van der Waals surface area contributed by atoms with Crippen LogP contribution in [0.1, 0.15) is 26.0 Å². The van der Waals surface area contributed by atoms with Crippen LogP contribution in [-0.4, -0.2) is 38.7 Å². The minimum absolute atomic E-state index is 0.325. The number of nitrogens with two attached hydrogens (primary N) is 1. The molecule has 0 radical (unpaired) electrons. The number of phosphoric acid groups is 1. The zero-order valence-corrected chi connectivity index (χ0v) is 13.7. The molecule has 2 aromatic rings. The first kappa shape index (κ1) is 16.4. The largest absolute Gasteiger partial charge is 0.472 e. The maximum atomic E-state index is 11.7. The standard InChI is InChI=1S/C13H19N4O5P/c1-3-9-10(22-23(18,19)20-2)6-11(21-9)17-7-16-12-8(14)4-5-15-13(12)17/h4-5,7,9-11H,3,6H2,1-2H3,(H2,14,15)(H,18,19). The molecule has 1 aliphatic rings. The van der Waals surface area contributed by atoms with E-state index in [4.69, 9.17) is 15.0 Å². The molecule has 0 aromatic carbocycles. The van der Waals surface area contributed by atoms with Crippen LogP contribution in [0.15, 0.2) is 18.6 Å². The second-order valence-electron chi connectivity index (χ2n) is 5.29. The SMILES string of the molecule is CCC1OC(n2cnc3c(N)ccnc32)CC1OP(=O)(O)OC. The van der Waals surface area contributed by atoms with E-state index in [-0.39, 0.29) is 6.10 Å². The lowest BCUT2D eigenvalue weighted by molar-refractivity contribution is -0.0189. The smallest absolute Gasteiger partial charge is 0.397 e. The average Bonchev–Trinajstić information content (AvgIpc) is 3.11. The van der Waals surface area contributed by atoms with Crippen molar-refractivity contribution in [2.75, 3.05) is 12.8 Å². The molecule has 2 aromatic heterocycles. The van der Waals surface area contributed by atoms with Crippen molar-refractivity contribution in [3.05, 3.63) is 18.6 Å². The van der Waals surface area contributed by atoms with Gasteiger partial charge >= 0.3 is 7.82 Å². The lowest BCUT2D eigenvalue weighted by Gasteiger charge is -2.18. The number of anilines is 1. The summed E-state index contributed by atoms with van der Waals surface area (Å²) < 4.78 is 29.0. The number of rotatable bonds is 5. The minimum Gasteiger partial charge on any atom is -0.397 e. The molecule has 23 heavy (non-hydrogen) atoms. The van der Waals surface area contributed by atoms with Crippen molar-refractivity contribution in [2.24, 2.45) is 0 Å². The van der Waals surface area contributed by atoms with E-state index in [9.17, 15) is 9.46 Å². The van der Waals surface area contributed by atoms with Crippen LogP contribution < -0.4 is 5.73 Å². The number of pyridine rings is 1. The van der Waals surface area contributed by atoms with Crippen molar-refractivity contribution < 1.29 is 23.2 Å². The van der Waals surface area contributed by atoms with E-state index in [0.29, 0.717) is 29.7 Å². The molecule has 0 bridgehead atoms. The Morgan fingerprint density at radius 2 is 2.35 bits per heavy atom. The zero-order chi connectivity index (χ0) is 16.6. The van der Waals surface area contributed by atoms with Gasteiger partial charge in [0.1, 0.15) is 11.7 Å². The van der Waals surface area contributed by atoms with E-state index in [2.05, 4.69) is 14.5 Å². The second-order valence-corrected chi connectivity index (χ2v) is 6.81. The second kappa shape index (κ2) is 6.18. The Labute approximate surface area is 133 Å². The van der Waals surface area contributed by atoms with Crippen molar-refractivity contribution in [1.29, 1.82) is 0 Å². The maximum Gasteiger partial charge on any atom is 0.472 e. The van der Waals surface area contributed by atoms with Crippen LogP contribution in [-0.2, 0) is 18.3 Å². The molecule has 3 N–H and O–H groups in total. The molecular formula is C13H19N4O5P. The topological polar surface area (TPSA) is 122 Å². The lowest BCUT2D eigenvalue weighted by Crippen LogP contribution is -2.22. The third-order valence-electron chi connectivity index (χ3n) is 3.88. The molecule has 10 heteroatoms. The van der Waals surface area contributed by atoms with Crippen molar-refractivity contribution >= 4 is 24.7 Å². The Balaban J connectivity index is 1.86. The molecule has 0 spiro atoms.